The van der Waals surface area contributed by atoms with Gasteiger partial charge in [-0.15, -0.1) is 0 Å². The number of carbonyl (C=O) groups excluding carboxylic acids is 1. The van der Waals surface area contributed by atoms with Gasteiger partial charge < -0.3 is 9.84 Å². The summed E-state index contributed by atoms with van der Waals surface area (Å²) in [5.74, 6) is -1.38. The lowest BCUT2D eigenvalue weighted by molar-refractivity contribution is -0.140. The fraction of sp³-hybridized carbons (Fsp3) is 0.732. The summed E-state index contributed by atoms with van der Waals surface area (Å²) >= 11 is 0. The van der Waals surface area contributed by atoms with E-state index in [1.807, 2.05) is 34.6 Å². The highest BCUT2D eigenvalue weighted by atomic mass is 19.2. The molecule has 0 saturated heterocycles. The molecule has 0 aromatic carbocycles. The molecule has 0 rings (SSSR count). The van der Waals surface area contributed by atoms with Crippen molar-refractivity contribution in [3.8, 4) is 0 Å². The lowest BCUT2D eigenvalue weighted by Crippen LogP contribution is -2.20. The quantitative estimate of drug-likeness (QED) is 0.0895. The van der Waals surface area contributed by atoms with Gasteiger partial charge in [0.1, 0.15) is 5.83 Å². The zero-order chi connectivity index (χ0) is 37.9. The van der Waals surface area contributed by atoms with E-state index >= 15 is 0 Å². The number of hydrogen-bond donors (Lipinski definition) is 1. The first-order chi connectivity index (χ1) is 22.0. The molecule has 47 heavy (non-hydrogen) atoms. The van der Waals surface area contributed by atoms with Gasteiger partial charge in [-0.2, -0.15) is 0 Å². The smallest absolute Gasteiger partial charge is 0.333 e. The Morgan fingerprint density at radius 1 is 0.787 bits per heavy atom. The Morgan fingerprint density at radius 3 is 1.68 bits per heavy atom. The summed E-state index contributed by atoms with van der Waals surface area (Å²) < 4.78 is 48.8. The third-order valence-corrected chi connectivity index (χ3v) is 8.41. The van der Waals surface area contributed by atoms with Crippen LogP contribution in [0.2, 0.25) is 0 Å². The second-order valence-electron chi connectivity index (χ2n) is 12.7. The van der Waals surface area contributed by atoms with Gasteiger partial charge in [0, 0.05) is 18.1 Å². The van der Waals surface area contributed by atoms with Crippen LogP contribution in [0.5, 0.6) is 0 Å². The van der Waals surface area contributed by atoms with Crippen molar-refractivity contribution in [3.63, 3.8) is 0 Å². The lowest BCUT2D eigenvalue weighted by Gasteiger charge is -2.24. The normalized spacial score (nSPS) is 16.0. The minimum Gasteiger partial charge on any atom is -0.462 e. The largest absolute Gasteiger partial charge is 0.462 e. The maximum Gasteiger partial charge on any atom is 0.333 e. The minimum atomic E-state index is -0.999. The molecule has 278 valence electrons. The standard InChI is InChI=1S/C34H55F3O3.C3H8.2C2H6/c1-12-23(5)32(36)33(37)29(11)28(10)31(35)18-27(9)26(8)16-15-25(7)24(6)14-13-22(4)17-30(19-38)20-40-34(39)21(2)3;1-3-2;2*1-2/h18,22,24-26,30,38H,2,12-17,19-20H2,1,3-11H3;3H2,1-2H3;2*1-2H3/b27-18+,31-28-,32-23-,33-29-;;;. The number of halogens is 3. The van der Waals surface area contributed by atoms with Crippen molar-refractivity contribution in [1.82, 2.24) is 0 Å². The highest BCUT2D eigenvalue weighted by Gasteiger charge is 2.19. The van der Waals surface area contributed by atoms with Crippen LogP contribution in [0.15, 0.2) is 58.0 Å². The molecule has 0 heterocycles. The Labute approximate surface area is 289 Å². The van der Waals surface area contributed by atoms with Gasteiger partial charge >= 0.3 is 5.97 Å². The monoisotopic (exact) mass is 673 g/mol. The van der Waals surface area contributed by atoms with Crippen LogP contribution in [0.4, 0.5) is 13.2 Å². The van der Waals surface area contributed by atoms with E-state index in [9.17, 15) is 23.1 Å². The first-order valence-electron chi connectivity index (χ1n) is 18.2. The molecule has 0 aromatic heterocycles. The van der Waals surface area contributed by atoms with Gasteiger partial charge in [0.25, 0.3) is 0 Å². The van der Waals surface area contributed by atoms with Gasteiger partial charge in [-0.05, 0) is 107 Å². The average Bonchev–Trinajstić information content (AvgIpc) is 3.07. The Kier molecular flexibility index (Phi) is 34.4. The summed E-state index contributed by atoms with van der Waals surface area (Å²) in [7, 11) is 0. The highest BCUT2D eigenvalue weighted by molar-refractivity contribution is 5.86. The SMILES string of the molecule is C=C(C)C(=O)OCC(CO)CC(C)CCC(C)C(C)CCC(C)/C(C)=C/C(F)=C(C)/C(C)=C(F)/C(F)=C(\C)CC.CC.CC.CCC. The van der Waals surface area contributed by atoms with E-state index in [4.69, 9.17) is 4.74 Å². The molecule has 0 saturated carbocycles. The van der Waals surface area contributed by atoms with E-state index in [2.05, 4.69) is 48.1 Å². The third-order valence-electron chi connectivity index (χ3n) is 8.41. The van der Waals surface area contributed by atoms with Gasteiger partial charge in [0.15, 0.2) is 11.7 Å². The molecule has 1 N–H and O–H groups in total. The van der Waals surface area contributed by atoms with Crippen molar-refractivity contribution in [2.24, 2.45) is 29.6 Å². The van der Waals surface area contributed by atoms with Crippen LogP contribution in [0.1, 0.15) is 156 Å². The first kappa shape index (κ1) is 51.7. The summed E-state index contributed by atoms with van der Waals surface area (Å²) in [5.41, 5.74) is 1.63. The molecule has 6 heteroatoms. The molecule has 0 radical (unpaired) electrons. The van der Waals surface area contributed by atoms with Gasteiger partial charge in [-0.3, -0.25) is 0 Å². The number of hydrogen-bond acceptors (Lipinski definition) is 3. The Balaban J connectivity index is -0.00000122. The number of aliphatic hydroxyl groups is 1. The molecule has 5 unspecified atom stereocenters. The van der Waals surface area contributed by atoms with Crippen molar-refractivity contribution in [2.45, 2.75) is 156 Å². The summed E-state index contributed by atoms with van der Waals surface area (Å²) in [6.07, 6.45) is 7.88. The van der Waals surface area contributed by atoms with E-state index in [1.165, 1.54) is 33.3 Å². The number of aliphatic hydroxyl groups excluding tert-OH is 1. The summed E-state index contributed by atoms with van der Waals surface area (Å²) in [6, 6.07) is 0. The lowest BCUT2D eigenvalue weighted by atomic mass is 9.82. The maximum absolute atomic E-state index is 14.9. The third kappa shape index (κ3) is 23.8. The van der Waals surface area contributed by atoms with E-state index in [0.29, 0.717) is 35.3 Å². The molecule has 0 aromatic rings. The van der Waals surface area contributed by atoms with Crippen LogP contribution < -0.4 is 0 Å². The van der Waals surface area contributed by atoms with E-state index in [-0.39, 0.29) is 36.2 Å². The first-order valence-corrected chi connectivity index (χ1v) is 18.2. The zero-order valence-corrected chi connectivity index (χ0v) is 33.4. The van der Waals surface area contributed by atoms with Gasteiger partial charge in [-0.25, -0.2) is 18.0 Å². The molecule has 0 aliphatic carbocycles. The van der Waals surface area contributed by atoms with Gasteiger partial charge in [-0.1, -0.05) is 108 Å². The molecule has 3 nitrogen and oxygen atoms in total. The van der Waals surface area contributed by atoms with Gasteiger partial charge in [0.05, 0.1) is 6.61 Å². The molecule has 0 aliphatic rings. The number of rotatable bonds is 18. The summed E-state index contributed by atoms with van der Waals surface area (Å²) in [5, 5.41) is 9.67. The Morgan fingerprint density at radius 2 is 1.26 bits per heavy atom. The molecular weight excluding hydrogens is 597 g/mol. The number of ether oxygens (including phenoxy) is 1. The van der Waals surface area contributed by atoms with E-state index in [0.717, 1.165) is 37.7 Å². The fourth-order valence-electron chi connectivity index (χ4n) is 4.36. The zero-order valence-electron chi connectivity index (χ0n) is 33.4. The van der Waals surface area contributed by atoms with Crippen LogP contribution in [-0.2, 0) is 9.53 Å². The molecule has 0 amide bonds. The second-order valence-corrected chi connectivity index (χ2v) is 12.7. The van der Waals surface area contributed by atoms with Crippen molar-refractivity contribution in [3.05, 3.63) is 58.0 Å². The number of allylic oxidation sites excluding steroid dienone is 8. The predicted molar refractivity (Wildman–Crippen MR) is 200 cm³/mol. The van der Waals surface area contributed by atoms with E-state index in [1.54, 1.807) is 13.8 Å². The van der Waals surface area contributed by atoms with Crippen LogP contribution in [-0.4, -0.2) is 24.3 Å². The van der Waals surface area contributed by atoms with Gasteiger partial charge in [0.2, 0.25) is 0 Å². The summed E-state index contributed by atoms with van der Waals surface area (Å²) in [4.78, 5) is 11.6. The summed E-state index contributed by atoms with van der Waals surface area (Å²) in [6.45, 7) is 34.4. The Bertz CT molecular complexity index is 974. The maximum atomic E-state index is 14.9. The van der Waals surface area contributed by atoms with Crippen molar-refractivity contribution in [1.29, 1.82) is 0 Å². The van der Waals surface area contributed by atoms with Crippen molar-refractivity contribution in [2.75, 3.05) is 13.2 Å². The van der Waals surface area contributed by atoms with Crippen LogP contribution >= 0.6 is 0 Å². The van der Waals surface area contributed by atoms with Crippen LogP contribution in [0.25, 0.3) is 0 Å². The van der Waals surface area contributed by atoms with Crippen LogP contribution in [0, 0.1) is 29.6 Å². The minimum absolute atomic E-state index is 0.0168. The van der Waals surface area contributed by atoms with Crippen LogP contribution in [0.3, 0.4) is 0 Å². The molecule has 0 bridgehead atoms. The average molecular weight is 673 g/mol. The van der Waals surface area contributed by atoms with Crippen molar-refractivity contribution >= 4 is 5.97 Å². The number of esters is 1. The molecule has 0 aliphatic heterocycles. The molecule has 0 spiro atoms. The van der Waals surface area contributed by atoms with E-state index < -0.39 is 23.4 Å². The van der Waals surface area contributed by atoms with Crippen molar-refractivity contribution < 1.29 is 27.8 Å². The molecule has 5 atom stereocenters. The number of carbonyl (C=O) groups is 1. The topological polar surface area (TPSA) is 46.5 Å². The molecular formula is C41H75F3O3. The second kappa shape index (κ2) is 31.2. The fourth-order valence-corrected chi connectivity index (χ4v) is 4.36. The molecule has 0 fully saturated rings. The Hall–Kier alpha value is -2.08. The highest BCUT2D eigenvalue weighted by Crippen LogP contribution is 2.31. The predicted octanol–water partition coefficient (Wildman–Crippen LogP) is 13.8.